The molecule has 0 bridgehead atoms. The zero-order valence-corrected chi connectivity index (χ0v) is 29.2. The predicted octanol–water partition coefficient (Wildman–Crippen LogP) is 4.76. The molecule has 1 fully saturated rings. The van der Waals surface area contributed by atoms with E-state index < -0.39 is 40.7 Å². The number of nitrogens with one attached hydrogen (secondary N) is 2. The van der Waals surface area contributed by atoms with Gasteiger partial charge in [-0.05, 0) is 23.6 Å². The summed E-state index contributed by atoms with van der Waals surface area (Å²) in [6.45, 7) is 4.69. The Kier molecular flexibility index (Phi) is 10.3. The number of aliphatic carboxylic acids is 1. The van der Waals surface area contributed by atoms with Gasteiger partial charge < -0.3 is 25.3 Å². The number of nitrogens with zero attached hydrogens (tertiary/aromatic N) is 3. The van der Waals surface area contributed by atoms with Crippen molar-refractivity contribution in [1.29, 1.82) is 0 Å². The molecule has 2 amide bonds. The second-order valence-electron chi connectivity index (χ2n) is 11.6. The molecule has 3 heterocycles. The number of carboxylic acid groups (broad SMARTS) is 1. The number of β-lactam (4-membered cyclic amide) rings is 1. The molecule has 1 aromatic heterocycles. The third-order valence-corrected chi connectivity index (χ3v) is 10.4. The lowest BCUT2D eigenvalue weighted by Crippen LogP contribution is -2.71. The van der Waals surface area contributed by atoms with E-state index in [9.17, 15) is 24.3 Å². The number of thiazole rings is 1. The van der Waals surface area contributed by atoms with Crippen LogP contribution in [0.5, 0.6) is 0 Å². The topological polar surface area (TPSA) is 160 Å². The van der Waals surface area contributed by atoms with Gasteiger partial charge in [0.05, 0.1) is 0 Å². The Morgan fingerprint density at radius 3 is 2.08 bits per heavy atom. The molecule has 0 saturated carbocycles. The quantitative estimate of drug-likeness (QED) is 0.0439. The molecule has 12 nitrogen and oxygen atoms in total. The molecule has 260 valence electrons. The molecule has 3 N–H and O–H groups in total. The Morgan fingerprint density at radius 2 is 1.57 bits per heavy atom. The number of carbonyl (C=O) groups is 4. The zero-order chi connectivity index (χ0) is 36.1. The van der Waals surface area contributed by atoms with Crippen LogP contribution in [-0.2, 0) is 34.3 Å². The predicted molar refractivity (Wildman–Crippen MR) is 194 cm³/mol. The van der Waals surface area contributed by atoms with Crippen LogP contribution >= 0.6 is 23.1 Å². The maximum absolute atomic E-state index is 13.7. The van der Waals surface area contributed by atoms with E-state index in [1.807, 2.05) is 91.0 Å². The lowest BCUT2D eigenvalue weighted by atomic mass is 9.77. The maximum atomic E-state index is 13.7. The molecule has 0 radical (unpaired) electrons. The number of hydrogen-bond donors (Lipinski definition) is 3. The average molecular weight is 724 g/mol. The van der Waals surface area contributed by atoms with Crippen LogP contribution in [0, 0.1) is 0 Å². The number of carboxylic acids is 1. The summed E-state index contributed by atoms with van der Waals surface area (Å²) >= 11 is 2.51. The highest BCUT2D eigenvalue weighted by Gasteiger charge is 2.54. The number of benzene rings is 3. The van der Waals surface area contributed by atoms with Gasteiger partial charge in [0.15, 0.2) is 10.8 Å². The first-order valence-electron chi connectivity index (χ1n) is 15.7. The molecule has 0 unspecified atom stereocenters. The first-order chi connectivity index (χ1) is 24.6. The summed E-state index contributed by atoms with van der Waals surface area (Å²) in [4.78, 5) is 62.0. The Hall–Kier alpha value is -5.73. The van der Waals surface area contributed by atoms with Gasteiger partial charge in [-0.1, -0.05) is 103 Å². The number of amides is 2. The van der Waals surface area contributed by atoms with Crippen molar-refractivity contribution >= 4 is 57.7 Å². The normalized spacial score (nSPS) is 17.2. The summed E-state index contributed by atoms with van der Waals surface area (Å²) in [5.41, 5.74) is 2.22. The highest BCUT2D eigenvalue weighted by molar-refractivity contribution is 8.00. The second kappa shape index (κ2) is 15.0. The van der Waals surface area contributed by atoms with Crippen molar-refractivity contribution in [3.05, 3.63) is 142 Å². The molecule has 14 heteroatoms. The lowest BCUT2D eigenvalue weighted by molar-refractivity contribution is -0.150. The lowest BCUT2D eigenvalue weighted by Gasteiger charge is -2.49. The summed E-state index contributed by atoms with van der Waals surface area (Å²) in [5.74, 6) is -3.21. The van der Waals surface area contributed by atoms with Crippen molar-refractivity contribution < 1.29 is 33.9 Å². The van der Waals surface area contributed by atoms with E-state index >= 15 is 0 Å². The molecule has 0 aliphatic carbocycles. The van der Waals surface area contributed by atoms with Crippen LogP contribution in [0.1, 0.15) is 29.3 Å². The first kappa shape index (κ1) is 35.1. The van der Waals surface area contributed by atoms with Gasteiger partial charge in [0.25, 0.3) is 11.8 Å². The molecule has 2 atom stereocenters. The van der Waals surface area contributed by atoms with Gasteiger partial charge in [0.2, 0.25) is 0 Å². The van der Waals surface area contributed by atoms with Crippen molar-refractivity contribution in [2.75, 3.05) is 24.8 Å². The van der Waals surface area contributed by atoms with Crippen LogP contribution in [0.15, 0.2) is 125 Å². The monoisotopic (exact) mass is 723 g/mol. The summed E-state index contributed by atoms with van der Waals surface area (Å²) in [5, 5.41) is 21.7. The molecule has 2 aliphatic heterocycles. The fourth-order valence-electron chi connectivity index (χ4n) is 5.96. The fraction of sp³-hybridized carbons (Fsp3) is 0.189. The van der Waals surface area contributed by atoms with Crippen LogP contribution in [0.4, 0.5) is 5.13 Å². The Bertz CT molecular complexity index is 1940. The zero-order valence-electron chi connectivity index (χ0n) is 27.6. The molecule has 6 rings (SSSR count). The first-order valence-corrected chi connectivity index (χ1v) is 17.6. The molecule has 1 saturated heterocycles. The maximum Gasteiger partial charge on any atom is 0.352 e. The molecule has 4 aromatic rings. The molecular weight excluding hydrogens is 691 g/mol. The van der Waals surface area contributed by atoms with Crippen molar-refractivity contribution in [2.24, 2.45) is 5.16 Å². The Labute approximate surface area is 301 Å². The standard InChI is InChI=1S/C37H33N5O7S2/c1-22(2)35(47)49-19-23-20-50-33-29(32(44)42(33)30(23)34(45)46)39-31(43)28(41-48-3)27-21-51-36(38-27)40-37(24-13-7-4-8-14-24,25-15-9-5-10-16-25)26-17-11-6-12-18-26/h4-18,21,29,33H,1,19-20H2,2-3H3,(H,38,40)(H,39,43)(H,45,46)/b41-28-/t29-,33-/m1/s1. The summed E-state index contributed by atoms with van der Waals surface area (Å²) in [6, 6.07) is 28.9. The van der Waals surface area contributed by atoms with E-state index in [1.54, 1.807) is 5.38 Å². The minimum absolute atomic E-state index is 0.163. The van der Waals surface area contributed by atoms with Crippen LogP contribution in [0.3, 0.4) is 0 Å². The number of esters is 1. The van der Waals surface area contributed by atoms with Gasteiger partial charge in [-0.15, -0.1) is 23.1 Å². The van der Waals surface area contributed by atoms with Gasteiger partial charge in [-0.2, -0.15) is 0 Å². The number of rotatable bonds is 13. The number of aromatic nitrogens is 1. The Morgan fingerprint density at radius 1 is 1.00 bits per heavy atom. The van der Waals surface area contributed by atoms with Gasteiger partial charge in [-0.25, -0.2) is 14.6 Å². The van der Waals surface area contributed by atoms with E-state index in [-0.39, 0.29) is 40.6 Å². The molecule has 2 aliphatic rings. The van der Waals surface area contributed by atoms with Crippen molar-refractivity contribution in [1.82, 2.24) is 15.2 Å². The highest BCUT2D eigenvalue weighted by Crippen LogP contribution is 2.42. The van der Waals surface area contributed by atoms with Gasteiger partial charge >= 0.3 is 11.9 Å². The van der Waals surface area contributed by atoms with Crippen LogP contribution in [0.25, 0.3) is 0 Å². The number of oxime groups is 1. The van der Waals surface area contributed by atoms with Gasteiger partial charge in [-0.3, -0.25) is 14.5 Å². The summed E-state index contributed by atoms with van der Waals surface area (Å²) in [7, 11) is 1.30. The van der Waals surface area contributed by atoms with Crippen LogP contribution in [-0.4, -0.2) is 75.3 Å². The second-order valence-corrected chi connectivity index (χ2v) is 13.6. The van der Waals surface area contributed by atoms with E-state index in [4.69, 9.17) is 14.6 Å². The van der Waals surface area contributed by atoms with E-state index in [0.717, 1.165) is 21.6 Å². The third-order valence-electron chi connectivity index (χ3n) is 8.32. The number of anilines is 1. The highest BCUT2D eigenvalue weighted by atomic mass is 32.2. The van der Waals surface area contributed by atoms with Crippen molar-refractivity contribution in [3.8, 4) is 0 Å². The number of ether oxygens (including phenoxy) is 1. The molecule has 0 spiro atoms. The third kappa shape index (κ3) is 6.87. The van der Waals surface area contributed by atoms with Gasteiger partial charge in [0.1, 0.15) is 42.1 Å². The number of carbonyl (C=O) groups excluding carboxylic acids is 3. The summed E-state index contributed by atoms with van der Waals surface area (Å²) < 4.78 is 5.15. The Balaban J connectivity index is 1.25. The largest absolute Gasteiger partial charge is 0.477 e. The number of thioether (sulfide) groups is 1. The number of hydrogen-bond acceptors (Lipinski definition) is 11. The minimum atomic E-state index is -1.35. The fourth-order valence-corrected chi connectivity index (χ4v) is 8.03. The molecule has 51 heavy (non-hydrogen) atoms. The molecular formula is C37H33N5O7S2. The van der Waals surface area contributed by atoms with Crippen molar-refractivity contribution in [2.45, 2.75) is 23.9 Å². The average Bonchev–Trinajstić information content (AvgIpc) is 3.62. The molecule has 3 aromatic carbocycles. The SMILES string of the molecule is C=C(C)C(=O)OCC1=C(C(=O)O)N2C(=O)[C@@H](NC(=O)/C(=N\OC)c3csc(NC(c4ccccc4)(c4ccccc4)c4ccccc4)n3)[C@H]2SC1. The van der Waals surface area contributed by atoms with Crippen LogP contribution < -0.4 is 10.6 Å². The van der Waals surface area contributed by atoms with Crippen molar-refractivity contribution in [3.63, 3.8) is 0 Å². The van der Waals surface area contributed by atoms with E-state index in [1.165, 1.54) is 37.1 Å². The smallest absolute Gasteiger partial charge is 0.352 e. The van der Waals surface area contributed by atoms with E-state index in [2.05, 4.69) is 22.4 Å². The van der Waals surface area contributed by atoms with E-state index in [0.29, 0.717) is 5.13 Å². The summed E-state index contributed by atoms with van der Waals surface area (Å²) in [6.07, 6.45) is 0. The van der Waals surface area contributed by atoms with Gasteiger partial charge in [0, 0.05) is 22.3 Å². The number of fused-ring (bicyclic) bond motifs is 1. The van der Waals surface area contributed by atoms with Crippen LogP contribution in [0.2, 0.25) is 0 Å². The minimum Gasteiger partial charge on any atom is -0.477 e.